The Morgan fingerprint density at radius 2 is 2.19 bits per heavy atom. The highest BCUT2D eigenvalue weighted by Crippen LogP contribution is 2.24. The van der Waals surface area contributed by atoms with Crippen LogP contribution in [0.5, 0.6) is 0 Å². The summed E-state index contributed by atoms with van der Waals surface area (Å²) in [5.74, 6) is -0.301. The summed E-state index contributed by atoms with van der Waals surface area (Å²) in [7, 11) is 1.61. The summed E-state index contributed by atoms with van der Waals surface area (Å²) in [5, 5.41) is 9.19. The molecule has 0 aliphatic carbocycles. The zero-order chi connectivity index (χ0) is 12.0. The molecule has 3 nitrogen and oxygen atoms in total. The SMILES string of the molecule is CCN(CCOC)c1c(F)cccc1CO. The second-order valence-electron chi connectivity index (χ2n) is 3.48. The van der Waals surface area contributed by atoms with Gasteiger partial charge in [-0.25, -0.2) is 4.39 Å². The number of hydrogen-bond acceptors (Lipinski definition) is 3. The number of aliphatic hydroxyl groups excluding tert-OH is 1. The minimum atomic E-state index is -0.301. The van der Waals surface area contributed by atoms with Crippen molar-refractivity contribution < 1.29 is 14.2 Å². The molecule has 0 aliphatic heterocycles. The van der Waals surface area contributed by atoms with Crippen molar-refractivity contribution in [3.8, 4) is 0 Å². The molecule has 0 aromatic heterocycles. The van der Waals surface area contributed by atoms with E-state index in [-0.39, 0.29) is 12.4 Å². The summed E-state index contributed by atoms with van der Waals surface area (Å²) in [4.78, 5) is 1.87. The van der Waals surface area contributed by atoms with Gasteiger partial charge < -0.3 is 14.7 Å². The lowest BCUT2D eigenvalue weighted by Crippen LogP contribution is -2.28. The zero-order valence-corrected chi connectivity index (χ0v) is 9.74. The fraction of sp³-hybridized carbons (Fsp3) is 0.500. The first-order chi connectivity index (χ1) is 7.74. The minimum Gasteiger partial charge on any atom is -0.392 e. The maximum absolute atomic E-state index is 13.7. The van der Waals surface area contributed by atoms with E-state index in [2.05, 4.69) is 0 Å². The molecule has 0 bridgehead atoms. The van der Waals surface area contributed by atoms with Gasteiger partial charge in [-0.05, 0) is 13.0 Å². The second kappa shape index (κ2) is 6.45. The number of hydrogen-bond donors (Lipinski definition) is 1. The van der Waals surface area contributed by atoms with Gasteiger partial charge in [0.1, 0.15) is 5.82 Å². The minimum absolute atomic E-state index is 0.156. The summed E-state index contributed by atoms with van der Waals surface area (Å²) >= 11 is 0. The molecule has 0 saturated heterocycles. The van der Waals surface area contributed by atoms with Crippen LogP contribution >= 0.6 is 0 Å². The van der Waals surface area contributed by atoms with Crippen molar-refractivity contribution >= 4 is 5.69 Å². The van der Waals surface area contributed by atoms with Crippen LogP contribution < -0.4 is 4.90 Å². The smallest absolute Gasteiger partial charge is 0.146 e. The second-order valence-corrected chi connectivity index (χ2v) is 3.48. The molecule has 0 amide bonds. The van der Waals surface area contributed by atoms with Gasteiger partial charge in [0.25, 0.3) is 0 Å². The lowest BCUT2D eigenvalue weighted by molar-refractivity contribution is 0.205. The number of halogens is 1. The Labute approximate surface area is 95.5 Å². The number of benzene rings is 1. The highest BCUT2D eigenvalue weighted by atomic mass is 19.1. The highest BCUT2D eigenvalue weighted by molar-refractivity contribution is 5.54. The molecule has 0 heterocycles. The van der Waals surface area contributed by atoms with E-state index in [9.17, 15) is 9.50 Å². The molecule has 0 fully saturated rings. The van der Waals surface area contributed by atoms with Gasteiger partial charge in [0, 0.05) is 25.8 Å². The summed E-state index contributed by atoms with van der Waals surface area (Å²) in [6.45, 7) is 3.62. The number of anilines is 1. The van der Waals surface area contributed by atoms with Gasteiger partial charge >= 0.3 is 0 Å². The first kappa shape index (κ1) is 12.9. The Morgan fingerprint density at radius 3 is 2.75 bits per heavy atom. The van der Waals surface area contributed by atoms with E-state index in [1.807, 2.05) is 11.8 Å². The average molecular weight is 227 g/mol. The molecular formula is C12H18FNO2. The molecule has 4 heteroatoms. The lowest BCUT2D eigenvalue weighted by atomic mass is 10.1. The van der Waals surface area contributed by atoms with Crippen LogP contribution in [0.1, 0.15) is 12.5 Å². The van der Waals surface area contributed by atoms with Crippen LogP contribution in [0, 0.1) is 5.82 Å². The van der Waals surface area contributed by atoms with Gasteiger partial charge in [-0.1, -0.05) is 12.1 Å². The lowest BCUT2D eigenvalue weighted by Gasteiger charge is -2.25. The van der Waals surface area contributed by atoms with Gasteiger partial charge in [0.2, 0.25) is 0 Å². The van der Waals surface area contributed by atoms with Crippen molar-refractivity contribution in [3.63, 3.8) is 0 Å². The summed E-state index contributed by atoms with van der Waals surface area (Å²) in [5.41, 5.74) is 1.09. The molecule has 1 N–H and O–H groups in total. The molecule has 0 radical (unpaired) electrons. The van der Waals surface area contributed by atoms with Crippen LogP contribution in [0.2, 0.25) is 0 Å². The summed E-state index contributed by atoms with van der Waals surface area (Å²) in [6.07, 6.45) is 0. The van der Waals surface area contributed by atoms with E-state index in [0.29, 0.717) is 30.9 Å². The van der Waals surface area contributed by atoms with Crippen LogP contribution in [0.25, 0.3) is 0 Å². The third-order valence-electron chi connectivity index (χ3n) is 2.50. The zero-order valence-electron chi connectivity index (χ0n) is 9.74. The molecule has 1 rings (SSSR count). The number of methoxy groups -OCH3 is 1. The first-order valence-electron chi connectivity index (χ1n) is 5.36. The van der Waals surface area contributed by atoms with Crippen molar-refractivity contribution in [1.82, 2.24) is 0 Å². The van der Waals surface area contributed by atoms with E-state index in [1.165, 1.54) is 6.07 Å². The number of likely N-dealkylation sites (N-methyl/N-ethyl adjacent to an activating group) is 1. The van der Waals surface area contributed by atoms with Crippen molar-refractivity contribution in [2.75, 3.05) is 31.7 Å². The largest absolute Gasteiger partial charge is 0.392 e. The predicted octanol–water partition coefficient (Wildman–Crippen LogP) is 1.79. The van der Waals surface area contributed by atoms with Gasteiger partial charge in [-0.3, -0.25) is 0 Å². The van der Waals surface area contributed by atoms with E-state index in [0.717, 1.165) is 0 Å². The van der Waals surface area contributed by atoms with Gasteiger partial charge in [0.05, 0.1) is 18.9 Å². The molecule has 16 heavy (non-hydrogen) atoms. The fourth-order valence-electron chi connectivity index (χ4n) is 1.67. The van der Waals surface area contributed by atoms with Crippen molar-refractivity contribution in [2.24, 2.45) is 0 Å². The third kappa shape index (κ3) is 2.93. The van der Waals surface area contributed by atoms with E-state index >= 15 is 0 Å². The molecule has 0 saturated carbocycles. The number of para-hydroxylation sites is 1. The van der Waals surface area contributed by atoms with Crippen LogP contribution in [-0.4, -0.2) is 31.9 Å². The molecule has 1 aromatic carbocycles. The molecule has 0 spiro atoms. The highest BCUT2D eigenvalue weighted by Gasteiger charge is 2.13. The summed E-state index contributed by atoms with van der Waals surface area (Å²) < 4.78 is 18.7. The maximum atomic E-state index is 13.7. The van der Waals surface area contributed by atoms with Gasteiger partial charge in [0.15, 0.2) is 0 Å². The fourth-order valence-corrected chi connectivity index (χ4v) is 1.67. The van der Waals surface area contributed by atoms with E-state index < -0.39 is 0 Å². The Morgan fingerprint density at radius 1 is 1.44 bits per heavy atom. The number of nitrogens with zero attached hydrogens (tertiary/aromatic N) is 1. The quantitative estimate of drug-likeness (QED) is 0.804. The molecule has 0 aliphatic rings. The van der Waals surface area contributed by atoms with E-state index in [1.54, 1.807) is 19.2 Å². The molecule has 0 atom stereocenters. The predicted molar refractivity (Wildman–Crippen MR) is 62.1 cm³/mol. The van der Waals surface area contributed by atoms with Crippen molar-refractivity contribution in [2.45, 2.75) is 13.5 Å². The van der Waals surface area contributed by atoms with Crippen molar-refractivity contribution in [3.05, 3.63) is 29.6 Å². The van der Waals surface area contributed by atoms with Crippen LogP contribution in [0.3, 0.4) is 0 Å². The Kier molecular flexibility index (Phi) is 5.22. The number of aliphatic hydroxyl groups is 1. The molecular weight excluding hydrogens is 209 g/mol. The van der Waals surface area contributed by atoms with Crippen LogP contribution in [-0.2, 0) is 11.3 Å². The van der Waals surface area contributed by atoms with Crippen molar-refractivity contribution in [1.29, 1.82) is 0 Å². The molecule has 1 aromatic rings. The monoisotopic (exact) mass is 227 g/mol. The molecule has 0 unspecified atom stereocenters. The van der Waals surface area contributed by atoms with E-state index in [4.69, 9.17) is 4.74 Å². The Balaban J connectivity index is 2.97. The van der Waals surface area contributed by atoms with Crippen LogP contribution in [0.4, 0.5) is 10.1 Å². The topological polar surface area (TPSA) is 32.7 Å². The maximum Gasteiger partial charge on any atom is 0.146 e. The number of ether oxygens (including phenoxy) is 1. The Bertz CT molecular complexity index is 331. The normalized spacial score (nSPS) is 10.5. The van der Waals surface area contributed by atoms with Crippen LogP contribution in [0.15, 0.2) is 18.2 Å². The average Bonchev–Trinajstić information content (AvgIpc) is 2.31. The first-order valence-corrected chi connectivity index (χ1v) is 5.36. The third-order valence-corrected chi connectivity index (χ3v) is 2.50. The summed E-state index contributed by atoms with van der Waals surface area (Å²) in [6, 6.07) is 4.74. The number of rotatable bonds is 6. The standard InChI is InChI=1S/C12H18FNO2/c1-3-14(7-8-16-2)12-10(9-15)5-4-6-11(12)13/h4-6,15H,3,7-9H2,1-2H3. The van der Waals surface area contributed by atoms with Gasteiger partial charge in [-0.15, -0.1) is 0 Å². The Hall–Kier alpha value is -1.13. The van der Waals surface area contributed by atoms with Gasteiger partial charge in [-0.2, -0.15) is 0 Å². The molecule has 90 valence electrons.